The van der Waals surface area contributed by atoms with E-state index in [2.05, 4.69) is 14.7 Å². The van der Waals surface area contributed by atoms with E-state index in [4.69, 9.17) is 0 Å². The van der Waals surface area contributed by atoms with Crippen LogP contribution < -0.4 is 10.9 Å². The number of aromatic nitrogens is 2. The molecule has 1 aromatic carbocycles. The summed E-state index contributed by atoms with van der Waals surface area (Å²) in [5.74, 6) is 0.0419. The van der Waals surface area contributed by atoms with Crippen molar-refractivity contribution in [2.75, 3.05) is 5.32 Å². The lowest BCUT2D eigenvalue weighted by Crippen LogP contribution is -2.33. The van der Waals surface area contributed by atoms with Gasteiger partial charge in [0.2, 0.25) is 0 Å². The number of aryl methyl sites for hydroxylation is 1. The predicted octanol–water partition coefficient (Wildman–Crippen LogP) is 3.63. The highest BCUT2D eigenvalue weighted by Gasteiger charge is 2.30. The zero-order valence-corrected chi connectivity index (χ0v) is 18.3. The largest absolute Gasteiger partial charge is 0.506 e. The summed E-state index contributed by atoms with van der Waals surface area (Å²) in [5, 5.41) is 14.3. The van der Waals surface area contributed by atoms with Crippen LogP contribution in [-0.2, 0) is 16.6 Å². The molecule has 1 aliphatic carbocycles. The topological polar surface area (TPSA) is 114 Å². The Morgan fingerprint density at radius 2 is 1.88 bits per heavy atom. The van der Waals surface area contributed by atoms with Crippen molar-refractivity contribution < 1.29 is 13.5 Å². The Morgan fingerprint density at radius 3 is 2.69 bits per heavy atom. The average Bonchev–Trinajstić information content (AvgIpc) is 2.79. The van der Waals surface area contributed by atoms with Crippen LogP contribution in [0.25, 0.3) is 11.0 Å². The zero-order valence-electron chi connectivity index (χ0n) is 17.5. The van der Waals surface area contributed by atoms with Crippen molar-refractivity contribution in [2.24, 2.45) is 10.3 Å². The van der Waals surface area contributed by atoms with Gasteiger partial charge in [0, 0.05) is 12.7 Å². The van der Waals surface area contributed by atoms with Gasteiger partial charge in [0.25, 0.3) is 15.6 Å². The van der Waals surface area contributed by atoms with Crippen molar-refractivity contribution in [3.05, 3.63) is 58.5 Å². The number of benzene rings is 1. The summed E-state index contributed by atoms with van der Waals surface area (Å²) in [6, 6.07) is 9.69. The summed E-state index contributed by atoms with van der Waals surface area (Å²) in [5.41, 5.74) is 0.0307. The van der Waals surface area contributed by atoms with Crippen LogP contribution in [0.15, 0.2) is 56.7 Å². The molecule has 2 aromatic heterocycles. The number of fused-ring (bicyclic) bond motifs is 2. The van der Waals surface area contributed by atoms with Gasteiger partial charge in [-0.2, -0.15) is 8.42 Å². The number of para-hydroxylation sites is 1. The van der Waals surface area contributed by atoms with E-state index in [9.17, 15) is 18.3 Å². The van der Waals surface area contributed by atoms with Crippen molar-refractivity contribution in [3.8, 4) is 5.75 Å². The van der Waals surface area contributed by atoms with Gasteiger partial charge in [0.05, 0.1) is 11.1 Å². The number of nitrogens with one attached hydrogen (secondary N) is 1. The van der Waals surface area contributed by atoms with E-state index in [0.717, 1.165) is 19.3 Å². The number of pyridine rings is 2. The molecule has 9 heteroatoms. The van der Waals surface area contributed by atoms with Gasteiger partial charge in [0.1, 0.15) is 21.9 Å². The maximum Gasteiger partial charge on any atom is 0.286 e. The molecule has 0 atom stereocenters. The third kappa shape index (κ3) is 3.56. The standard InChI is InChI=1S/C23H24N4O4S/c28-20-16-9-6-13-24-22(16)27(14-12-15-7-2-1-3-8-15)23(29)19(20)21-25-17-10-4-5-11-18(17)32(30,31)26-21/h4-6,9-11,13,15,28H,1-3,7-8,12,14H2,(H,25,26). The molecule has 0 unspecified atom stereocenters. The van der Waals surface area contributed by atoms with E-state index in [1.807, 2.05) is 0 Å². The molecular weight excluding hydrogens is 428 g/mol. The molecule has 0 spiro atoms. The van der Waals surface area contributed by atoms with Gasteiger partial charge in [0.15, 0.2) is 5.84 Å². The molecule has 0 saturated heterocycles. The van der Waals surface area contributed by atoms with Crippen LogP contribution in [-0.4, -0.2) is 28.9 Å². The number of amidine groups is 1. The van der Waals surface area contributed by atoms with E-state index in [0.29, 0.717) is 29.2 Å². The first-order valence-corrected chi connectivity index (χ1v) is 12.3. The van der Waals surface area contributed by atoms with Gasteiger partial charge in [-0.3, -0.25) is 9.36 Å². The monoisotopic (exact) mass is 452 g/mol. The minimum Gasteiger partial charge on any atom is -0.506 e. The fourth-order valence-corrected chi connectivity index (χ4v) is 5.82. The Bertz CT molecular complexity index is 1390. The fourth-order valence-electron chi connectivity index (χ4n) is 4.70. The summed E-state index contributed by atoms with van der Waals surface area (Å²) in [6.07, 6.45) is 8.37. The molecule has 3 heterocycles. The van der Waals surface area contributed by atoms with E-state index < -0.39 is 15.6 Å². The Balaban J connectivity index is 1.64. The van der Waals surface area contributed by atoms with Gasteiger partial charge in [-0.15, -0.1) is 4.40 Å². The third-order valence-electron chi connectivity index (χ3n) is 6.35. The Morgan fingerprint density at radius 1 is 1.09 bits per heavy atom. The number of nitrogens with zero attached hydrogens (tertiary/aromatic N) is 3. The maximum atomic E-state index is 13.5. The van der Waals surface area contributed by atoms with Gasteiger partial charge in [-0.25, -0.2) is 4.98 Å². The third-order valence-corrected chi connectivity index (χ3v) is 7.68. The highest BCUT2D eigenvalue weighted by molar-refractivity contribution is 7.90. The molecular formula is C23H24N4O4S. The van der Waals surface area contributed by atoms with Crippen LogP contribution in [0.2, 0.25) is 0 Å². The second kappa shape index (κ2) is 8.05. The van der Waals surface area contributed by atoms with Crippen LogP contribution >= 0.6 is 0 Å². The number of aromatic hydroxyl groups is 1. The summed E-state index contributed by atoms with van der Waals surface area (Å²) < 4.78 is 30.8. The molecule has 1 saturated carbocycles. The molecule has 8 nitrogen and oxygen atoms in total. The summed E-state index contributed by atoms with van der Waals surface area (Å²) >= 11 is 0. The number of anilines is 1. The number of hydrogen-bond donors (Lipinski definition) is 2. The van der Waals surface area contributed by atoms with E-state index in [1.165, 1.54) is 29.9 Å². The van der Waals surface area contributed by atoms with Crippen molar-refractivity contribution in [1.29, 1.82) is 0 Å². The SMILES string of the molecule is O=c1c(C2=NS(=O)(=O)c3ccccc3N2)c(O)c2cccnc2n1CCC1CCCCC1. The smallest absolute Gasteiger partial charge is 0.286 e. The zero-order chi connectivity index (χ0) is 22.3. The molecule has 0 radical (unpaired) electrons. The number of rotatable bonds is 4. The Labute approximate surface area is 185 Å². The first-order chi connectivity index (χ1) is 15.5. The van der Waals surface area contributed by atoms with Crippen LogP contribution in [0.3, 0.4) is 0 Å². The van der Waals surface area contributed by atoms with Gasteiger partial charge < -0.3 is 10.4 Å². The Hall–Kier alpha value is -3.20. The highest BCUT2D eigenvalue weighted by Crippen LogP contribution is 2.32. The fraction of sp³-hybridized carbons (Fsp3) is 0.348. The molecule has 1 aliphatic heterocycles. The average molecular weight is 453 g/mol. The maximum absolute atomic E-state index is 13.5. The minimum absolute atomic E-state index is 0.0309. The van der Waals surface area contributed by atoms with Crippen molar-refractivity contribution in [1.82, 2.24) is 9.55 Å². The molecule has 2 N–H and O–H groups in total. The normalized spacial score (nSPS) is 18.1. The first-order valence-electron chi connectivity index (χ1n) is 10.9. The molecule has 0 bridgehead atoms. The summed E-state index contributed by atoms with van der Waals surface area (Å²) in [7, 11) is -4.02. The minimum atomic E-state index is -4.02. The van der Waals surface area contributed by atoms with Crippen LogP contribution in [0.5, 0.6) is 5.75 Å². The van der Waals surface area contributed by atoms with Crippen LogP contribution in [0.4, 0.5) is 5.69 Å². The molecule has 166 valence electrons. The van der Waals surface area contributed by atoms with Crippen LogP contribution in [0.1, 0.15) is 44.1 Å². The molecule has 5 rings (SSSR count). The Kier molecular flexibility index (Phi) is 5.21. The van der Waals surface area contributed by atoms with Gasteiger partial charge in [-0.05, 0) is 36.6 Å². The second-order valence-electron chi connectivity index (χ2n) is 8.38. The quantitative estimate of drug-likeness (QED) is 0.625. The van der Waals surface area contributed by atoms with E-state index in [1.54, 1.807) is 36.5 Å². The summed E-state index contributed by atoms with van der Waals surface area (Å²) in [4.78, 5) is 17.9. The van der Waals surface area contributed by atoms with Gasteiger partial charge in [-0.1, -0.05) is 44.2 Å². The van der Waals surface area contributed by atoms with E-state index in [-0.39, 0.29) is 22.0 Å². The lowest BCUT2D eigenvalue weighted by atomic mass is 9.87. The molecule has 2 aliphatic rings. The molecule has 32 heavy (non-hydrogen) atoms. The van der Waals surface area contributed by atoms with Crippen molar-refractivity contribution >= 4 is 32.6 Å². The predicted molar refractivity (Wildman–Crippen MR) is 123 cm³/mol. The number of sulfonamides is 1. The van der Waals surface area contributed by atoms with Crippen LogP contribution in [0, 0.1) is 5.92 Å². The lowest BCUT2D eigenvalue weighted by molar-refractivity contribution is 0.324. The first kappa shape index (κ1) is 20.7. The van der Waals surface area contributed by atoms with Crippen molar-refractivity contribution in [2.45, 2.75) is 50.0 Å². The summed E-state index contributed by atoms with van der Waals surface area (Å²) in [6.45, 7) is 0.445. The highest BCUT2D eigenvalue weighted by atomic mass is 32.2. The second-order valence-corrected chi connectivity index (χ2v) is 9.96. The van der Waals surface area contributed by atoms with Crippen molar-refractivity contribution in [3.63, 3.8) is 0 Å². The van der Waals surface area contributed by atoms with Gasteiger partial charge >= 0.3 is 0 Å². The lowest BCUT2D eigenvalue weighted by Gasteiger charge is -2.23. The molecule has 0 amide bonds. The molecule has 1 fully saturated rings. The molecule has 3 aromatic rings. The van der Waals surface area contributed by atoms with E-state index >= 15 is 0 Å². The number of hydrogen-bond acceptors (Lipinski definition) is 6.